The van der Waals surface area contributed by atoms with Crippen LogP contribution >= 0.6 is 0 Å². The van der Waals surface area contributed by atoms with Gasteiger partial charge in [-0.05, 0) is 29.4 Å². The van der Waals surface area contributed by atoms with E-state index in [0.29, 0.717) is 51.2 Å². The predicted molar refractivity (Wildman–Crippen MR) is 117 cm³/mol. The van der Waals surface area contributed by atoms with Crippen LogP contribution in [0.4, 0.5) is 10.3 Å². The second-order valence-corrected chi connectivity index (χ2v) is 8.21. The minimum atomic E-state index is -0.504. The van der Waals surface area contributed by atoms with Crippen molar-refractivity contribution < 1.29 is 18.4 Å². The second-order valence-electron chi connectivity index (χ2n) is 8.21. The molecular formula is C23H21FN6O3. The molecule has 2 aliphatic heterocycles. The molecule has 9 nitrogen and oxygen atoms in total. The Morgan fingerprint density at radius 3 is 2.64 bits per heavy atom. The summed E-state index contributed by atoms with van der Waals surface area (Å²) in [5, 5.41) is 9.67. The van der Waals surface area contributed by atoms with Crippen molar-refractivity contribution in [1.29, 1.82) is 0 Å². The number of hydrogen-bond acceptors (Lipinski definition) is 7. The van der Waals surface area contributed by atoms with Crippen molar-refractivity contribution in [3.63, 3.8) is 0 Å². The molecule has 10 heteroatoms. The highest BCUT2D eigenvalue weighted by Crippen LogP contribution is 2.28. The molecule has 1 amide bonds. The van der Waals surface area contributed by atoms with E-state index < -0.39 is 5.82 Å². The van der Waals surface area contributed by atoms with Crippen LogP contribution in [0.3, 0.4) is 0 Å². The fourth-order valence-electron chi connectivity index (χ4n) is 4.20. The Morgan fingerprint density at radius 1 is 1.06 bits per heavy atom. The van der Waals surface area contributed by atoms with Crippen LogP contribution in [0, 0.1) is 5.82 Å². The molecule has 2 fully saturated rings. The lowest BCUT2D eigenvalue weighted by molar-refractivity contribution is -0.0266. The van der Waals surface area contributed by atoms with Gasteiger partial charge in [0.05, 0.1) is 36.5 Å². The first-order valence-corrected chi connectivity index (χ1v) is 10.9. The summed E-state index contributed by atoms with van der Waals surface area (Å²) in [4.78, 5) is 20.8. The van der Waals surface area contributed by atoms with Gasteiger partial charge < -0.3 is 19.1 Å². The number of fused-ring (bicyclic) bond motifs is 1. The van der Waals surface area contributed by atoms with E-state index in [1.165, 1.54) is 12.1 Å². The Labute approximate surface area is 188 Å². The molecule has 2 saturated heterocycles. The smallest absolute Gasteiger partial charge is 0.266 e. The topological polar surface area (TPSA) is 89.5 Å². The van der Waals surface area contributed by atoms with Gasteiger partial charge in [0.2, 0.25) is 0 Å². The Kier molecular flexibility index (Phi) is 4.79. The SMILES string of the molecule is O=C(c1ccccc1F)N1CCN(c2noc(-c3ccc4cnn(C5COC5)c4c3)n2)CC1. The summed E-state index contributed by atoms with van der Waals surface area (Å²) in [5.41, 5.74) is 1.91. The molecule has 4 heterocycles. The minimum absolute atomic E-state index is 0.0934. The summed E-state index contributed by atoms with van der Waals surface area (Å²) in [7, 11) is 0. The monoisotopic (exact) mass is 448 g/mol. The molecular weight excluding hydrogens is 427 g/mol. The molecule has 0 radical (unpaired) electrons. The minimum Gasteiger partial charge on any atom is -0.377 e. The van der Waals surface area contributed by atoms with Crippen LogP contribution in [0.5, 0.6) is 0 Å². The molecule has 0 unspecified atom stereocenters. The first-order valence-electron chi connectivity index (χ1n) is 10.9. The van der Waals surface area contributed by atoms with Gasteiger partial charge in [-0.2, -0.15) is 10.1 Å². The van der Waals surface area contributed by atoms with Gasteiger partial charge in [0, 0.05) is 37.1 Å². The van der Waals surface area contributed by atoms with Crippen LogP contribution in [0.25, 0.3) is 22.4 Å². The lowest BCUT2D eigenvalue weighted by Gasteiger charge is -2.33. The first kappa shape index (κ1) is 19.9. The number of aromatic nitrogens is 4. The van der Waals surface area contributed by atoms with E-state index in [-0.39, 0.29) is 17.5 Å². The fraction of sp³-hybridized carbons (Fsp3) is 0.304. The molecule has 0 aliphatic carbocycles. The van der Waals surface area contributed by atoms with Gasteiger partial charge in [-0.25, -0.2) is 4.39 Å². The molecule has 6 rings (SSSR count). The largest absolute Gasteiger partial charge is 0.377 e. The van der Waals surface area contributed by atoms with Gasteiger partial charge in [0.25, 0.3) is 17.7 Å². The number of anilines is 1. The van der Waals surface area contributed by atoms with E-state index in [9.17, 15) is 9.18 Å². The summed E-state index contributed by atoms with van der Waals surface area (Å²) in [6, 6.07) is 12.2. The molecule has 4 aromatic rings. The molecule has 2 aromatic heterocycles. The number of benzene rings is 2. The van der Waals surface area contributed by atoms with Crippen LogP contribution < -0.4 is 4.90 Å². The van der Waals surface area contributed by atoms with Gasteiger partial charge >= 0.3 is 0 Å². The van der Waals surface area contributed by atoms with Crippen molar-refractivity contribution in [1.82, 2.24) is 24.8 Å². The summed E-state index contributed by atoms with van der Waals surface area (Å²) >= 11 is 0. The van der Waals surface area contributed by atoms with E-state index in [4.69, 9.17) is 9.26 Å². The second kappa shape index (κ2) is 7.96. The van der Waals surface area contributed by atoms with Crippen molar-refractivity contribution in [2.24, 2.45) is 0 Å². The summed E-state index contributed by atoms with van der Waals surface area (Å²) in [6.07, 6.45) is 1.85. The third-order valence-corrected chi connectivity index (χ3v) is 6.18. The van der Waals surface area contributed by atoms with Crippen molar-refractivity contribution in [2.75, 3.05) is 44.3 Å². The summed E-state index contributed by atoms with van der Waals surface area (Å²) in [5.74, 6) is 0.0950. The highest BCUT2D eigenvalue weighted by atomic mass is 19.1. The number of carbonyl (C=O) groups is 1. The molecule has 0 spiro atoms. The number of rotatable bonds is 4. The molecule has 0 atom stereocenters. The van der Waals surface area contributed by atoms with E-state index in [0.717, 1.165) is 16.5 Å². The quantitative estimate of drug-likeness (QED) is 0.474. The van der Waals surface area contributed by atoms with Crippen LogP contribution in [0.2, 0.25) is 0 Å². The number of carbonyl (C=O) groups excluding carboxylic acids is 1. The molecule has 0 saturated carbocycles. The third-order valence-electron chi connectivity index (χ3n) is 6.18. The third kappa shape index (κ3) is 3.52. The van der Waals surface area contributed by atoms with Crippen LogP contribution in [0.15, 0.2) is 53.2 Å². The molecule has 2 aromatic carbocycles. The summed E-state index contributed by atoms with van der Waals surface area (Å²) in [6.45, 7) is 3.30. The number of hydrogen-bond donors (Lipinski definition) is 0. The molecule has 0 bridgehead atoms. The maximum absolute atomic E-state index is 14.0. The van der Waals surface area contributed by atoms with Gasteiger partial charge in [0.15, 0.2) is 0 Å². The van der Waals surface area contributed by atoms with Gasteiger partial charge in [-0.15, -0.1) is 0 Å². The Bertz CT molecular complexity index is 1320. The standard InChI is InChI=1S/C23H21FN6O3/c24-19-4-2-1-3-18(19)22(31)28-7-9-29(10-8-28)23-26-21(33-27-23)15-5-6-16-12-25-30(20(16)11-15)17-13-32-14-17/h1-6,11-12,17H,7-10,13-14H2. The van der Waals surface area contributed by atoms with E-state index in [1.54, 1.807) is 17.0 Å². The number of piperazine rings is 1. The Balaban J connectivity index is 1.16. The van der Waals surface area contributed by atoms with E-state index in [2.05, 4.69) is 15.2 Å². The number of amides is 1. The molecule has 0 N–H and O–H groups in total. The normalized spacial score (nSPS) is 16.9. The zero-order valence-corrected chi connectivity index (χ0v) is 17.7. The van der Waals surface area contributed by atoms with E-state index in [1.807, 2.05) is 34.0 Å². The first-order chi connectivity index (χ1) is 16.2. The van der Waals surface area contributed by atoms with Gasteiger partial charge in [0.1, 0.15) is 5.82 Å². The molecule has 2 aliphatic rings. The van der Waals surface area contributed by atoms with Crippen molar-refractivity contribution in [3.05, 3.63) is 60.0 Å². The predicted octanol–water partition coefficient (Wildman–Crippen LogP) is 2.76. The zero-order chi connectivity index (χ0) is 22.4. The Morgan fingerprint density at radius 2 is 1.88 bits per heavy atom. The maximum Gasteiger partial charge on any atom is 0.266 e. The average molecular weight is 448 g/mol. The lowest BCUT2D eigenvalue weighted by Crippen LogP contribution is -2.49. The Hall–Kier alpha value is -3.79. The molecule has 168 valence electrons. The molecule has 33 heavy (non-hydrogen) atoms. The van der Waals surface area contributed by atoms with Gasteiger partial charge in [-0.1, -0.05) is 18.2 Å². The lowest BCUT2D eigenvalue weighted by atomic mass is 10.1. The number of halogens is 1. The van der Waals surface area contributed by atoms with Crippen molar-refractivity contribution >= 4 is 22.8 Å². The number of nitrogens with zero attached hydrogens (tertiary/aromatic N) is 6. The average Bonchev–Trinajstić information content (AvgIpc) is 3.46. The highest BCUT2D eigenvalue weighted by molar-refractivity contribution is 5.94. The van der Waals surface area contributed by atoms with Crippen LogP contribution in [-0.2, 0) is 4.74 Å². The zero-order valence-electron chi connectivity index (χ0n) is 17.7. The number of ether oxygens (including phenoxy) is 1. The van der Waals surface area contributed by atoms with Crippen LogP contribution in [0.1, 0.15) is 16.4 Å². The summed E-state index contributed by atoms with van der Waals surface area (Å²) < 4.78 is 26.8. The van der Waals surface area contributed by atoms with E-state index >= 15 is 0 Å². The van der Waals surface area contributed by atoms with Gasteiger partial charge in [-0.3, -0.25) is 9.48 Å². The van der Waals surface area contributed by atoms with Crippen LogP contribution in [-0.4, -0.2) is 70.1 Å². The highest BCUT2D eigenvalue weighted by Gasteiger charge is 2.27. The van der Waals surface area contributed by atoms with Crippen molar-refractivity contribution in [3.8, 4) is 11.5 Å². The fourth-order valence-corrected chi connectivity index (χ4v) is 4.20. The maximum atomic E-state index is 14.0. The van der Waals surface area contributed by atoms with Crippen molar-refractivity contribution in [2.45, 2.75) is 6.04 Å².